The minimum atomic E-state index is -4.54. The predicted octanol–water partition coefficient (Wildman–Crippen LogP) is 4.68. The number of anilines is 1. The number of alkyl halides is 3. The van der Waals surface area contributed by atoms with Gasteiger partial charge in [0.25, 0.3) is 0 Å². The normalized spacial score (nSPS) is 12.2. The van der Waals surface area contributed by atoms with Crippen molar-refractivity contribution < 1.29 is 41.5 Å². The van der Waals surface area contributed by atoms with E-state index in [4.69, 9.17) is 9.84 Å². The summed E-state index contributed by atoms with van der Waals surface area (Å²) in [6, 6.07) is 10.3. The number of nitrogens with zero attached hydrogens (tertiary/aromatic N) is 5. The van der Waals surface area contributed by atoms with Gasteiger partial charge in [0.1, 0.15) is 18.2 Å². The molecule has 1 aromatic carbocycles. The monoisotopic (exact) mass is 577 g/mol. The molecule has 15 heteroatoms. The highest BCUT2D eigenvalue weighted by Gasteiger charge is 2.30. The number of hydrogen-bond donors (Lipinski definition) is 1. The first-order chi connectivity index (χ1) is 19.0. The molecular weight excluding hydrogens is 555 g/mol. The van der Waals surface area contributed by atoms with Gasteiger partial charge in [0, 0.05) is 30.6 Å². The van der Waals surface area contributed by atoms with Crippen LogP contribution in [0.2, 0.25) is 0 Å². The van der Waals surface area contributed by atoms with Crippen LogP contribution in [0.25, 0.3) is 11.0 Å². The fourth-order valence-electron chi connectivity index (χ4n) is 3.78. The van der Waals surface area contributed by atoms with Crippen LogP contribution in [0, 0.1) is 6.92 Å². The van der Waals surface area contributed by atoms with Gasteiger partial charge in [0.2, 0.25) is 5.16 Å². The smallest absolute Gasteiger partial charge is 0.484 e. The topological polar surface area (TPSA) is 137 Å². The summed E-state index contributed by atoms with van der Waals surface area (Å²) in [6.07, 6.45) is -3.38. The lowest BCUT2D eigenvalue weighted by molar-refractivity contribution is -0.153. The van der Waals surface area contributed by atoms with Crippen LogP contribution in [0.3, 0.4) is 0 Å². The molecule has 210 valence electrons. The molecule has 1 unspecified atom stereocenters. The van der Waals surface area contributed by atoms with Crippen LogP contribution in [-0.2, 0) is 27.9 Å². The molecule has 0 saturated carbocycles. The first kappa shape index (κ1) is 28.5. The third-order valence-corrected chi connectivity index (χ3v) is 6.88. The van der Waals surface area contributed by atoms with Gasteiger partial charge in [-0.1, -0.05) is 18.2 Å². The molecule has 3 aromatic heterocycles. The van der Waals surface area contributed by atoms with Gasteiger partial charge < -0.3 is 14.6 Å². The number of benzene rings is 1. The van der Waals surface area contributed by atoms with Crippen LogP contribution in [0.4, 0.5) is 28.6 Å². The Labute approximate surface area is 227 Å². The van der Waals surface area contributed by atoms with Gasteiger partial charge in [-0.2, -0.15) is 13.2 Å². The summed E-state index contributed by atoms with van der Waals surface area (Å²) in [7, 11) is -0.579. The average Bonchev–Trinajstić information content (AvgIpc) is 3.31. The molecule has 1 N–H and O–H groups in total. The molecule has 0 radical (unpaired) electrons. The van der Waals surface area contributed by atoms with Gasteiger partial charge in [-0.05, 0) is 31.2 Å². The van der Waals surface area contributed by atoms with Crippen molar-refractivity contribution >= 4 is 39.8 Å². The van der Waals surface area contributed by atoms with Crippen molar-refractivity contribution in [3.05, 3.63) is 71.7 Å². The van der Waals surface area contributed by atoms with Crippen molar-refractivity contribution in [2.45, 2.75) is 30.6 Å². The van der Waals surface area contributed by atoms with Crippen molar-refractivity contribution in [3.8, 4) is 5.75 Å². The second-order valence-corrected chi connectivity index (χ2v) is 9.72. The summed E-state index contributed by atoms with van der Waals surface area (Å²) in [6.45, 7) is -0.365. The molecule has 1 amide bonds. The summed E-state index contributed by atoms with van der Waals surface area (Å²) >= 11 is 0. The number of carbonyl (C=O) groups is 2. The number of hydrogen-bond acceptors (Lipinski definition) is 8. The zero-order valence-corrected chi connectivity index (χ0v) is 21.9. The van der Waals surface area contributed by atoms with Crippen LogP contribution >= 0.6 is 0 Å². The van der Waals surface area contributed by atoms with Crippen LogP contribution in [-0.4, -0.2) is 60.9 Å². The summed E-state index contributed by atoms with van der Waals surface area (Å²) in [5.74, 6) is -0.221. The highest BCUT2D eigenvalue weighted by Crippen LogP contribution is 2.27. The molecule has 0 bridgehead atoms. The predicted molar refractivity (Wildman–Crippen MR) is 137 cm³/mol. The van der Waals surface area contributed by atoms with Crippen LogP contribution in [0.5, 0.6) is 5.75 Å². The number of para-hydroxylation sites is 2. The van der Waals surface area contributed by atoms with E-state index in [1.165, 1.54) is 32.4 Å². The number of fused-ring (bicyclic) bond motifs is 1. The third kappa shape index (κ3) is 6.36. The Balaban J connectivity index is 1.68. The van der Waals surface area contributed by atoms with Gasteiger partial charge in [0.15, 0.2) is 6.61 Å². The minimum absolute atomic E-state index is 0.0603. The molecule has 0 aliphatic carbocycles. The second-order valence-electron chi connectivity index (χ2n) is 8.38. The van der Waals surface area contributed by atoms with Crippen molar-refractivity contribution in [1.82, 2.24) is 19.5 Å². The van der Waals surface area contributed by atoms with Gasteiger partial charge in [0.05, 0.1) is 33.3 Å². The molecule has 3 heterocycles. The molecule has 0 aliphatic heterocycles. The Bertz CT molecular complexity index is 1590. The number of pyridine rings is 2. The number of imidazole rings is 1. The molecule has 4 aromatic rings. The lowest BCUT2D eigenvalue weighted by Crippen LogP contribution is -2.33. The maximum Gasteiger partial charge on any atom is 0.506 e. The minimum Gasteiger partial charge on any atom is -0.484 e. The van der Waals surface area contributed by atoms with Crippen LogP contribution < -0.4 is 9.64 Å². The molecule has 40 heavy (non-hydrogen) atoms. The highest BCUT2D eigenvalue weighted by molar-refractivity contribution is 7.84. The molecule has 0 aliphatic rings. The molecule has 11 nitrogen and oxygen atoms in total. The second kappa shape index (κ2) is 11.7. The summed E-state index contributed by atoms with van der Waals surface area (Å²) in [4.78, 5) is 38.5. The van der Waals surface area contributed by atoms with E-state index in [9.17, 15) is 27.0 Å². The van der Waals surface area contributed by atoms with Crippen molar-refractivity contribution in [1.29, 1.82) is 0 Å². The first-order valence-electron chi connectivity index (χ1n) is 11.5. The number of ether oxygens (including phenoxy) is 2. The number of carbonyl (C=O) groups excluding carboxylic acids is 1. The summed E-state index contributed by atoms with van der Waals surface area (Å²) < 4.78 is 62.2. The zero-order valence-electron chi connectivity index (χ0n) is 21.1. The fraction of sp³-hybridized carbons (Fsp3) is 0.240. The Morgan fingerprint density at radius 2 is 1.85 bits per heavy atom. The average molecular weight is 578 g/mol. The Hall–Kier alpha value is -4.53. The van der Waals surface area contributed by atoms with Gasteiger partial charge in [-0.25, -0.2) is 24.1 Å². The highest BCUT2D eigenvalue weighted by atomic mass is 32.2. The Kier molecular flexibility index (Phi) is 8.32. The maximum absolute atomic E-state index is 13.8. The summed E-state index contributed by atoms with van der Waals surface area (Å²) in [5.41, 5.74) is 1.49. The Morgan fingerprint density at radius 3 is 2.58 bits per heavy atom. The zero-order chi connectivity index (χ0) is 29.0. The van der Waals surface area contributed by atoms with Crippen molar-refractivity contribution in [2.75, 3.05) is 18.6 Å². The molecular formula is C25H22F3N5O6S. The quantitative estimate of drug-likeness (QED) is 0.296. The molecule has 1 atom stereocenters. The van der Waals surface area contributed by atoms with Gasteiger partial charge >= 0.3 is 18.4 Å². The van der Waals surface area contributed by atoms with E-state index in [2.05, 4.69) is 19.7 Å². The van der Waals surface area contributed by atoms with E-state index in [0.29, 0.717) is 16.6 Å². The van der Waals surface area contributed by atoms with Gasteiger partial charge in [-0.15, -0.1) is 0 Å². The third-order valence-electron chi connectivity index (χ3n) is 5.67. The number of rotatable bonds is 8. The number of amides is 1. The Morgan fingerprint density at radius 1 is 1.10 bits per heavy atom. The van der Waals surface area contributed by atoms with E-state index >= 15 is 0 Å². The van der Waals surface area contributed by atoms with Crippen molar-refractivity contribution in [2.24, 2.45) is 0 Å². The first-order valence-corrected chi connectivity index (χ1v) is 12.9. The molecule has 0 fully saturated rings. The van der Waals surface area contributed by atoms with E-state index < -0.39 is 35.8 Å². The SMILES string of the molecule is Cc1c(OCC(F)(F)F)ccnc1CS(=O)c1nc2ccccc2n1C(=O)N(C)c1ncccc1COC(=O)O. The van der Waals surface area contributed by atoms with Crippen LogP contribution in [0.15, 0.2) is 60.0 Å². The lowest BCUT2D eigenvalue weighted by atomic mass is 10.2. The number of carboxylic acid groups (broad SMARTS) is 1. The number of halogens is 3. The van der Waals surface area contributed by atoms with E-state index in [1.54, 1.807) is 36.4 Å². The van der Waals surface area contributed by atoms with E-state index in [-0.39, 0.29) is 40.3 Å². The summed E-state index contributed by atoms with van der Waals surface area (Å²) in [5, 5.41) is 8.75. The maximum atomic E-state index is 13.8. The fourth-order valence-corrected chi connectivity index (χ4v) is 5.02. The van der Waals surface area contributed by atoms with Crippen LogP contribution in [0.1, 0.15) is 16.8 Å². The molecule has 4 rings (SSSR count). The van der Waals surface area contributed by atoms with E-state index in [0.717, 1.165) is 9.47 Å². The lowest BCUT2D eigenvalue weighted by Gasteiger charge is -2.20. The molecule has 0 spiro atoms. The van der Waals surface area contributed by atoms with Crippen molar-refractivity contribution in [3.63, 3.8) is 0 Å². The molecule has 0 saturated heterocycles. The number of aromatic nitrogens is 4. The largest absolute Gasteiger partial charge is 0.506 e. The standard InChI is InChI=1S/C25H22F3N5O6S/c1-15-18(29-11-9-20(15)39-14-25(26,27)28)13-40(37)22-31-17-7-3-4-8-19(17)33(22)23(34)32(2)21-16(6-5-10-30-21)12-38-24(35)36/h3-11H,12-14H2,1-2H3,(H,35,36). The van der Waals surface area contributed by atoms with E-state index in [1.807, 2.05) is 0 Å². The van der Waals surface area contributed by atoms with Gasteiger partial charge in [-0.3, -0.25) is 14.1 Å².